The molecule has 0 radical (unpaired) electrons. The van der Waals surface area contributed by atoms with E-state index in [1.165, 1.54) is 12.3 Å². The molecule has 1 atom stereocenters. The van der Waals surface area contributed by atoms with Crippen molar-refractivity contribution in [1.29, 1.82) is 5.26 Å². The Balaban J connectivity index is 2.16. The lowest BCUT2D eigenvalue weighted by Gasteiger charge is -2.12. The molecular weight excluding hydrogens is 234 g/mol. The second-order valence-corrected chi connectivity index (χ2v) is 4.31. The number of hydrogen-bond donors (Lipinski definition) is 2. The SMILES string of the molecule is N#Cc1ccnc(NCC(N)C2CC2)c1[N+](=O)[O-]. The van der Waals surface area contributed by atoms with Crippen molar-refractivity contribution in [2.75, 3.05) is 11.9 Å². The van der Waals surface area contributed by atoms with Crippen LogP contribution in [0.15, 0.2) is 12.3 Å². The minimum atomic E-state index is -0.601. The largest absolute Gasteiger partial charge is 0.363 e. The van der Waals surface area contributed by atoms with Crippen LogP contribution >= 0.6 is 0 Å². The van der Waals surface area contributed by atoms with E-state index in [0.717, 1.165) is 12.8 Å². The first kappa shape index (κ1) is 12.3. The van der Waals surface area contributed by atoms with Gasteiger partial charge in [-0.3, -0.25) is 10.1 Å². The highest BCUT2D eigenvalue weighted by Gasteiger charge is 2.29. The van der Waals surface area contributed by atoms with Crippen molar-refractivity contribution < 1.29 is 4.92 Å². The normalized spacial score (nSPS) is 15.8. The molecule has 1 aromatic rings. The molecule has 0 saturated heterocycles. The van der Waals surface area contributed by atoms with Crippen molar-refractivity contribution in [3.8, 4) is 6.07 Å². The Hall–Kier alpha value is -2.20. The molecule has 1 unspecified atom stereocenters. The highest BCUT2D eigenvalue weighted by molar-refractivity contribution is 5.64. The first-order valence-corrected chi connectivity index (χ1v) is 5.66. The fourth-order valence-corrected chi connectivity index (χ4v) is 1.76. The molecule has 2 rings (SSSR count). The van der Waals surface area contributed by atoms with Crippen LogP contribution in [0.25, 0.3) is 0 Å². The van der Waals surface area contributed by atoms with Gasteiger partial charge in [-0.25, -0.2) is 4.98 Å². The predicted molar refractivity (Wildman–Crippen MR) is 64.8 cm³/mol. The second-order valence-electron chi connectivity index (χ2n) is 4.31. The van der Waals surface area contributed by atoms with Crippen LogP contribution in [-0.2, 0) is 0 Å². The first-order chi connectivity index (χ1) is 8.63. The van der Waals surface area contributed by atoms with E-state index < -0.39 is 4.92 Å². The lowest BCUT2D eigenvalue weighted by Crippen LogP contribution is -2.31. The molecule has 1 aromatic heterocycles. The number of anilines is 1. The van der Waals surface area contributed by atoms with Gasteiger partial charge < -0.3 is 11.1 Å². The van der Waals surface area contributed by atoms with Crippen molar-refractivity contribution in [1.82, 2.24) is 4.98 Å². The number of nitrogens with two attached hydrogens (primary N) is 1. The van der Waals surface area contributed by atoms with Crippen molar-refractivity contribution >= 4 is 11.5 Å². The Bertz CT molecular complexity index is 507. The van der Waals surface area contributed by atoms with Crippen molar-refractivity contribution in [3.63, 3.8) is 0 Å². The molecule has 7 heteroatoms. The molecule has 1 saturated carbocycles. The van der Waals surface area contributed by atoms with Gasteiger partial charge in [-0.05, 0) is 24.8 Å². The summed E-state index contributed by atoms with van der Waals surface area (Å²) in [6.45, 7) is 0.424. The van der Waals surface area contributed by atoms with Gasteiger partial charge in [0.1, 0.15) is 11.6 Å². The van der Waals surface area contributed by atoms with Crippen LogP contribution < -0.4 is 11.1 Å². The summed E-state index contributed by atoms with van der Waals surface area (Å²) in [5.74, 6) is 0.603. The third-order valence-corrected chi connectivity index (χ3v) is 2.96. The van der Waals surface area contributed by atoms with E-state index in [1.807, 2.05) is 0 Å². The highest BCUT2D eigenvalue weighted by Crippen LogP contribution is 2.32. The molecule has 1 aliphatic carbocycles. The topological polar surface area (TPSA) is 118 Å². The molecule has 0 amide bonds. The maximum atomic E-state index is 10.9. The van der Waals surface area contributed by atoms with Crippen LogP contribution in [0.2, 0.25) is 0 Å². The van der Waals surface area contributed by atoms with Crippen molar-refractivity contribution in [2.24, 2.45) is 11.7 Å². The van der Waals surface area contributed by atoms with Crippen LogP contribution in [0.4, 0.5) is 11.5 Å². The van der Waals surface area contributed by atoms with Gasteiger partial charge in [0.2, 0.25) is 5.82 Å². The highest BCUT2D eigenvalue weighted by atomic mass is 16.6. The molecule has 1 heterocycles. The number of aromatic nitrogens is 1. The molecule has 7 nitrogen and oxygen atoms in total. The summed E-state index contributed by atoms with van der Waals surface area (Å²) in [6, 6.07) is 3.08. The smallest absolute Gasteiger partial charge is 0.328 e. The number of rotatable bonds is 5. The van der Waals surface area contributed by atoms with Crippen LogP contribution in [-0.4, -0.2) is 22.5 Å². The fourth-order valence-electron chi connectivity index (χ4n) is 1.76. The lowest BCUT2D eigenvalue weighted by molar-refractivity contribution is -0.384. The summed E-state index contributed by atoms with van der Waals surface area (Å²) in [5, 5.41) is 22.6. The van der Waals surface area contributed by atoms with E-state index in [2.05, 4.69) is 10.3 Å². The number of hydrogen-bond acceptors (Lipinski definition) is 6. The van der Waals surface area contributed by atoms with Gasteiger partial charge in [0.15, 0.2) is 0 Å². The molecule has 0 bridgehead atoms. The Morgan fingerprint density at radius 1 is 1.72 bits per heavy atom. The zero-order chi connectivity index (χ0) is 13.1. The minimum absolute atomic E-state index is 0.00232. The summed E-state index contributed by atoms with van der Waals surface area (Å²) in [6.07, 6.45) is 3.59. The fraction of sp³-hybridized carbons (Fsp3) is 0.455. The summed E-state index contributed by atoms with van der Waals surface area (Å²) in [5.41, 5.74) is 5.61. The van der Waals surface area contributed by atoms with Crippen LogP contribution in [0.5, 0.6) is 0 Å². The van der Waals surface area contributed by atoms with E-state index in [4.69, 9.17) is 11.0 Å². The van der Waals surface area contributed by atoms with Gasteiger partial charge in [-0.1, -0.05) is 0 Å². The van der Waals surface area contributed by atoms with Crippen LogP contribution in [0.3, 0.4) is 0 Å². The Morgan fingerprint density at radius 3 is 3.00 bits per heavy atom. The Morgan fingerprint density at radius 2 is 2.44 bits per heavy atom. The number of nitrogens with zero attached hydrogens (tertiary/aromatic N) is 3. The number of nitriles is 1. The maximum Gasteiger partial charge on any atom is 0.328 e. The van der Waals surface area contributed by atoms with E-state index in [1.54, 1.807) is 6.07 Å². The monoisotopic (exact) mass is 247 g/mol. The van der Waals surface area contributed by atoms with E-state index in [0.29, 0.717) is 12.5 Å². The van der Waals surface area contributed by atoms with E-state index >= 15 is 0 Å². The average molecular weight is 247 g/mol. The molecule has 0 spiro atoms. The number of nitrogens with one attached hydrogen (secondary N) is 1. The molecule has 1 fully saturated rings. The molecule has 18 heavy (non-hydrogen) atoms. The molecule has 0 aliphatic heterocycles. The number of pyridine rings is 1. The van der Waals surface area contributed by atoms with Gasteiger partial charge in [0.05, 0.1) is 4.92 Å². The van der Waals surface area contributed by atoms with Gasteiger partial charge >= 0.3 is 5.69 Å². The maximum absolute atomic E-state index is 10.9. The lowest BCUT2D eigenvalue weighted by atomic mass is 10.2. The third kappa shape index (κ3) is 2.55. The first-order valence-electron chi connectivity index (χ1n) is 5.66. The van der Waals surface area contributed by atoms with Gasteiger partial charge in [0, 0.05) is 18.8 Å². The summed E-state index contributed by atoms with van der Waals surface area (Å²) in [4.78, 5) is 14.2. The number of nitro groups is 1. The second kappa shape index (κ2) is 4.98. The van der Waals surface area contributed by atoms with E-state index in [9.17, 15) is 10.1 Å². The van der Waals surface area contributed by atoms with Crippen molar-refractivity contribution in [3.05, 3.63) is 27.9 Å². The average Bonchev–Trinajstić information content (AvgIpc) is 3.19. The Labute approximate surface area is 104 Å². The van der Waals surface area contributed by atoms with Crippen LogP contribution in [0.1, 0.15) is 18.4 Å². The summed E-state index contributed by atoms with van der Waals surface area (Å²) >= 11 is 0. The minimum Gasteiger partial charge on any atom is -0.363 e. The standard InChI is InChI=1S/C11H13N5O2/c12-5-8-3-4-14-11(10(8)16(17)18)15-6-9(13)7-1-2-7/h3-4,7,9H,1-2,6,13H2,(H,14,15). The zero-order valence-corrected chi connectivity index (χ0v) is 9.67. The molecular formula is C11H13N5O2. The van der Waals surface area contributed by atoms with Crippen LogP contribution in [0, 0.1) is 27.4 Å². The molecule has 0 aromatic carbocycles. The van der Waals surface area contributed by atoms with Gasteiger partial charge in [0.25, 0.3) is 0 Å². The van der Waals surface area contributed by atoms with Gasteiger partial charge in [-0.2, -0.15) is 5.26 Å². The molecule has 94 valence electrons. The van der Waals surface area contributed by atoms with Crippen molar-refractivity contribution in [2.45, 2.75) is 18.9 Å². The van der Waals surface area contributed by atoms with E-state index in [-0.39, 0.29) is 23.1 Å². The quantitative estimate of drug-likeness (QED) is 0.592. The third-order valence-electron chi connectivity index (χ3n) is 2.96. The molecule has 3 N–H and O–H groups in total. The molecule has 1 aliphatic rings. The Kier molecular flexibility index (Phi) is 3.39. The summed E-state index contributed by atoms with van der Waals surface area (Å²) < 4.78 is 0. The predicted octanol–water partition coefficient (Wildman–Crippen LogP) is 1.01. The zero-order valence-electron chi connectivity index (χ0n) is 9.67. The summed E-state index contributed by atoms with van der Waals surface area (Å²) in [7, 11) is 0. The van der Waals surface area contributed by atoms with Gasteiger partial charge in [-0.15, -0.1) is 0 Å².